The molecule has 0 atom stereocenters. The largest absolute Gasteiger partial charge is 0.416 e. The van der Waals surface area contributed by atoms with Gasteiger partial charge in [-0.05, 0) is 37.0 Å². The van der Waals surface area contributed by atoms with E-state index in [1.54, 1.807) is 0 Å². The quantitative estimate of drug-likeness (QED) is 0.840. The van der Waals surface area contributed by atoms with Gasteiger partial charge in [-0.1, -0.05) is 34.8 Å². The van der Waals surface area contributed by atoms with E-state index in [1.165, 1.54) is 6.07 Å². The summed E-state index contributed by atoms with van der Waals surface area (Å²) in [6.07, 6.45) is 0.717. The molecule has 2 nitrogen and oxygen atoms in total. The number of amides is 1. The second kappa shape index (κ2) is 6.81. The number of benzene rings is 1. The number of rotatable bonds is 4. The second-order valence-electron chi connectivity index (χ2n) is 5.35. The van der Waals surface area contributed by atoms with E-state index in [9.17, 15) is 18.0 Å². The van der Waals surface area contributed by atoms with Crippen molar-refractivity contribution in [3.8, 4) is 0 Å². The molecule has 0 bridgehead atoms. The summed E-state index contributed by atoms with van der Waals surface area (Å²) in [6.45, 7) is 0. The van der Waals surface area contributed by atoms with Gasteiger partial charge in [-0.3, -0.25) is 4.79 Å². The number of carbonyl (C=O) groups excluding carboxylic acids is 1. The van der Waals surface area contributed by atoms with E-state index < -0.39 is 11.7 Å². The molecule has 116 valence electrons. The van der Waals surface area contributed by atoms with E-state index in [0.717, 1.165) is 37.8 Å². The van der Waals surface area contributed by atoms with Crippen LogP contribution in [0.3, 0.4) is 0 Å². The van der Waals surface area contributed by atoms with Crippen molar-refractivity contribution in [2.75, 3.05) is 0 Å². The van der Waals surface area contributed by atoms with E-state index in [2.05, 4.69) is 21.2 Å². The summed E-state index contributed by atoms with van der Waals surface area (Å²) in [5.41, 5.74) is 0.0260. The standard InChI is InChI=1S/C15H17BrF3NO/c16-13-9-11(15(17,18)19)7-5-10(13)6-8-14(21)20-12-3-1-2-4-12/h5,7,9,12H,1-4,6,8H2,(H,20,21). The zero-order valence-corrected chi connectivity index (χ0v) is 13.1. The Morgan fingerprint density at radius 3 is 2.52 bits per heavy atom. The lowest BCUT2D eigenvalue weighted by molar-refractivity contribution is -0.137. The molecule has 0 radical (unpaired) electrons. The first kappa shape index (κ1) is 16.3. The summed E-state index contributed by atoms with van der Waals surface area (Å²) in [5, 5.41) is 2.97. The summed E-state index contributed by atoms with van der Waals surface area (Å²) in [4.78, 5) is 11.8. The maximum Gasteiger partial charge on any atom is 0.416 e. The van der Waals surface area contributed by atoms with Gasteiger partial charge in [0.25, 0.3) is 0 Å². The summed E-state index contributed by atoms with van der Waals surface area (Å²) < 4.78 is 38.1. The summed E-state index contributed by atoms with van der Waals surface area (Å²) in [6, 6.07) is 3.81. The van der Waals surface area contributed by atoms with E-state index in [-0.39, 0.29) is 11.9 Å². The van der Waals surface area contributed by atoms with Crippen LogP contribution in [0.4, 0.5) is 13.2 Å². The molecule has 1 aliphatic rings. The van der Waals surface area contributed by atoms with Crippen LogP contribution in [0.2, 0.25) is 0 Å². The second-order valence-corrected chi connectivity index (χ2v) is 6.21. The Hall–Kier alpha value is -1.04. The fourth-order valence-corrected chi connectivity index (χ4v) is 3.12. The maximum atomic E-state index is 12.6. The average molecular weight is 364 g/mol. The molecule has 1 saturated carbocycles. The van der Waals surface area contributed by atoms with Crippen LogP contribution < -0.4 is 5.32 Å². The van der Waals surface area contributed by atoms with Crippen LogP contribution in [0, 0.1) is 0 Å². The third-order valence-corrected chi connectivity index (χ3v) is 4.46. The maximum absolute atomic E-state index is 12.6. The number of carbonyl (C=O) groups is 1. The smallest absolute Gasteiger partial charge is 0.353 e. The lowest BCUT2D eigenvalue weighted by Crippen LogP contribution is -2.32. The Kier molecular flexibility index (Phi) is 5.30. The Bertz CT molecular complexity index is 510. The molecule has 1 aromatic carbocycles. The molecule has 0 aliphatic heterocycles. The van der Waals surface area contributed by atoms with Crippen molar-refractivity contribution >= 4 is 21.8 Å². The number of halogens is 4. The van der Waals surface area contributed by atoms with Gasteiger partial charge in [0.15, 0.2) is 0 Å². The van der Waals surface area contributed by atoms with Crippen molar-refractivity contribution in [2.24, 2.45) is 0 Å². The first-order chi connectivity index (χ1) is 9.86. The Balaban J connectivity index is 1.89. The van der Waals surface area contributed by atoms with Crippen molar-refractivity contribution in [1.29, 1.82) is 0 Å². The van der Waals surface area contributed by atoms with Crippen molar-refractivity contribution in [2.45, 2.75) is 50.7 Å². The molecular weight excluding hydrogens is 347 g/mol. The van der Waals surface area contributed by atoms with Gasteiger partial charge in [0.2, 0.25) is 5.91 Å². The van der Waals surface area contributed by atoms with E-state index >= 15 is 0 Å². The molecule has 1 aromatic rings. The molecule has 1 aliphatic carbocycles. The molecule has 1 amide bonds. The van der Waals surface area contributed by atoms with E-state index in [4.69, 9.17) is 0 Å². The SMILES string of the molecule is O=C(CCc1ccc(C(F)(F)F)cc1Br)NC1CCCC1. The number of hydrogen-bond donors (Lipinski definition) is 1. The van der Waals surface area contributed by atoms with Gasteiger partial charge in [-0.15, -0.1) is 0 Å². The third kappa shape index (κ3) is 4.73. The normalized spacial score (nSPS) is 16.2. The number of hydrogen-bond acceptors (Lipinski definition) is 1. The van der Waals surface area contributed by atoms with Crippen LogP contribution in [-0.4, -0.2) is 11.9 Å². The van der Waals surface area contributed by atoms with Crippen LogP contribution in [-0.2, 0) is 17.4 Å². The minimum atomic E-state index is -4.35. The Morgan fingerprint density at radius 1 is 1.29 bits per heavy atom. The van der Waals surface area contributed by atoms with Gasteiger partial charge in [0.1, 0.15) is 0 Å². The predicted molar refractivity (Wildman–Crippen MR) is 77.9 cm³/mol. The van der Waals surface area contributed by atoms with Crippen LogP contribution in [0.1, 0.15) is 43.2 Å². The molecule has 6 heteroatoms. The van der Waals surface area contributed by atoms with E-state index in [1.807, 2.05) is 0 Å². The predicted octanol–water partition coefficient (Wildman–Crippen LogP) is 4.46. The van der Waals surface area contributed by atoms with Crippen molar-refractivity contribution in [3.05, 3.63) is 33.8 Å². The van der Waals surface area contributed by atoms with Crippen LogP contribution in [0.5, 0.6) is 0 Å². The topological polar surface area (TPSA) is 29.1 Å². The monoisotopic (exact) mass is 363 g/mol. The van der Waals surface area contributed by atoms with Gasteiger partial charge in [-0.25, -0.2) is 0 Å². The van der Waals surface area contributed by atoms with Crippen molar-refractivity contribution < 1.29 is 18.0 Å². The molecule has 0 heterocycles. The average Bonchev–Trinajstić information content (AvgIpc) is 2.89. The molecule has 21 heavy (non-hydrogen) atoms. The highest BCUT2D eigenvalue weighted by Gasteiger charge is 2.30. The van der Waals surface area contributed by atoms with Gasteiger partial charge < -0.3 is 5.32 Å². The van der Waals surface area contributed by atoms with Gasteiger partial charge in [0, 0.05) is 16.9 Å². The van der Waals surface area contributed by atoms with E-state index in [0.29, 0.717) is 22.9 Å². The molecule has 0 unspecified atom stereocenters. The molecule has 0 aromatic heterocycles. The Morgan fingerprint density at radius 2 is 1.95 bits per heavy atom. The molecule has 1 N–H and O–H groups in total. The first-order valence-electron chi connectivity index (χ1n) is 7.01. The third-order valence-electron chi connectivity index (χ3n) is 3.72. The van der Waals surface area contributed by atoms with Crippen LogP contribution in [0.25, 0.3) is 0 Å². The fourth-order valence-electron chi connectivity index (χ4n) is 2.54. The molecule has 0 spiro atoms. The minimum absolute atomic E-state index is 0.0336. The number of aryl methyl sites for hydroxylation is 1. The highest BCUT2D eigenvalue weighted by Crippen LogP contribution is 2.32. The molecule has 2 rings (SSSR count). The van der Waals surface area contributed by atoms with Gasteiger partial charge in [0.05, 0.1) is 5.56 Å². The zero-order chi connectivity index (χ0) is 15.5. The molecule has 1 fully saturated rings. The van der Waals surface area contributed by atoms with Crippen molar-refractivity contribution in [3.63, 3.8) is 0 Å². The molecule has 0 saturated heterocycles. The zero-order valence-electron chi connectivity index (χ0n) is 11.5. The Labute approximate surface area is 130 Å². The first-order valence-corrected chi connectivity index (χ1v) is 7.80. The van der Waals surface area contributed by atoms with Crippen LogP contribution >= 0.6 is 15.9 Å². The van der Waals surface area contributed by atoms with Crippen LogP contribution in [0.15, 0.2) is 22.7 Å². The minimum Gasteiger partial charge on any atom is -0.353 e. The number of nitrogens with one attached hydrogen (secondary N) is 1. The summed E-state index contributed by atoms with van der Waals surface area (Å²) >= 11 is 3.15. The van der Waals surface area contributed by atoms with Gasteiger partial charge in [-0.2, -0.15) is 13.2 Å². The number of alkyl halides is 3. The fraction of sp³-hybridized carbons (Fsp3) is 0.533. The highest BCUT2D eigenvalue weighted by atomic mass is 79.9. The van der Waals surface area contributed by atoms with Crippen molar-refractivity contribution in [1.82, 2.24) is 5.32 Å². The lowest BCUT2D eigenvalue weighted by atomic mass is 10.1. The summed E-state index contributed by atoms with van der Waals surface area (Å²) in [5.74, 6) is -0.0336. The highest BCUT2D eigenvalue weighted by molar-refractivity contribution is 9.10. The molecular formula is C15H17BrF3NO. The summed E-state index contributed by atoms with van der Waals surface area (Å²) in [7, 11) is 0. The van der Waals surface area contributed by atoms with Gasteiger partial charge >= 0.3 is 6.18 Å². The lowest BCUT2D eigenvalue weighted by Gasteiger charge is -2.13.